The van der Waals surface area contributed by atoms with Crippen molar-refractivity contribution in [3.63, 3.8) is 0 Å². The quantitative estimate of drug-likeness (QED) is 0.213. The number of aromatic nitrogens is 1. The van der Waals surface area contributed by atoms with E-state index in [0.29, 0.717) is 28.0 Å². The summed E-state index contributed by atoms with van der Waals surface area (Å²) < 4.78 is 55.1. The number of hydrogen-bond donors (Lipinski definition) is 1. The van der Waals surface area contributed by atoms with Gasteiger partial charge in [-0.15, -0.1) is 24.5 Å². The van der Waals surface area contributed by atoms with Crippen LogP contribution in [0.4, 0.5) is 13.2 Å². The van der Waals surface area contributed by atoms with Gasteiger partial charge >= 0.3 is 6.36 Å². The van der Waals surface area contributed by atoms with Crippen molar-refractivity contribution >= 4 is 33.0 Å². The molecule has 0 amide bonds. The fourth-order valence-electron chi connectivity index (χ4n) is 4.00. The second-order valence-corrected chi connectivity index (χ2v) is 9.36. The highest BCUT2D eigenvalue weighted by atomic mass is 32.1. The van der Waals surface area contributed by atoms with E-state index in [0.717, 1.165) is 22.4 Å². The topological polar surface area (TPSA) is 95.0 Å². The molecule has 0 aliphatic carbocycles. The van der Waals surface area contributed by atoms with Gasteiger partial charge in [0, 0.05) is 39.4 Å². The maximum atomic E-state index is 13.1. The number of carbonyl (C=O) groups is 2. The van der Waals surface area contributed by atoms with E-state index >= 15 is 0 Å². The number of alkyl halides is 3. The fourth-order valence-corrected chi connectivity index (χ4v) is 5.04. The van der Waals surface area contributed by atoms with Crippen molar-refractivity contribution in [3.8, 4) is 28.5 Å². The van der Waals surface area contributed by atoms with Gasteiger partial charge in [-0.05, 0) is 42.8 Å². The van der Waals surface area contributed by atoms with Crippen LogP contribution >= 0.6 is 11.3 Å². The summed E-state index contributed by atoms with van der Waals surface area (Å²) in [6.45, 7) is 1.76. The highest BCUT2D eigenvalue weighted by molar-refractivity contribution is 7.18. The summed E-state index contributed by atoms with van der Waals surface area (Å²) in [6, 6.07) is 12.2. The number of halogens is 3. The lowest BCUT2D eigenvalue weighted by Gasteiger charge is -2.14. The van der Waals surface area contributed by atoms with E-state index in [2.05, 4.69) is 9.72 Å². The molecule has 0 spiro atoms. The van der Waals surface area contributed by atoms with Crippen LogP contribution in [0.2, 0.25) is 0 Å². The van der Waals surface area contributed by atoms with Gasteiger partial charge in [0.15, 0.2) is 28.8 Å². The highest BCUT2D eigenvalue weighted by Gasteiger charge is 2.33. The third kappa shape index (κ3) is 6.55. The number of thiophene rings is 1. The van der Waals surface area contributed by atoms with Gasteiger partial charge < -0.3 is 19.3 Å². The number of hydrogen-bond acceptors (Lipinski definition) is 8. The number of ether oxygens (including phenoxy) is 3. The number of aliphatic hydroxyl groups is 1. The Kier molecular flexibility index (Phi) is 8.51. The number of methoxy groups -OCH3 is 1. The first-order chi connectivity index (χ1) is 18.6. The highest BCUT2D eigenvalue weighted by Crippen LogP contribution is 2.40. The third-order valence-electron chi connectivity index (χ3n) is 5.83. The van der Waals surface area contributed by atoms with Gasteiger partial charge in [0.05, 0.1) is 13.7 Å². The van der Waals surface area contributed by atoms with Crippen molar-refractivity contribution in [1.82, 2.24) is 4.98 Å². The van der Waals surface area contributed by atoms with E-state index in [-0.39, 0.29) is 43.2 Å². The lowest BCUT2D eigenvalue weighted by Crippen LogP contribution is -2.18. The second-order valence-electron chi connectivity index (χ2n) is 8.48. The summed E-state index contributed by atoms with van der Waals surface area (Å²) in [5, 5.41) is 11.3. The largest absolute Gasteiger partial charge is 0.573 e. The molecule has 2 heterocycles. The SMILES string of the molecule is COc1cc(C(=O)CCC(=O)c2ccc(OC(F)(F)F)c(-c3csc4c(C)cccc34)n2)ccc1OCCO. The zero-order valence-electron chi connectivity index (χ0n) is 21.0. The average molecular weight is 560 g/mol. The van der Waals surface area contributed by atoms with Crippen molar-refractivity contribution < 1.29 is 42.1 Å². The van der Waals surface area contributed by atoms with E-state index in [1.165, 1.54) is 36.6 Å². The number of aryl methyl sites for hydroxylation is 1. The number of carbonyl (C=O) groups excluding carboxylic acids is 2. The summed E-state index contributed by atoms with van der Waals surface area (Å²) in [5.74, 6) is -0.716. The molecule has 0 unspecified atom stereocenters. The number of nitrogens with zero attached hydrogens (tertiary/aromatic N) is 1. The Morgan fingerprint density at radius 2 is 1.74 bits per heavy atom. The van der Waals surface area contributed by atoms with E-state index in [4.69, 9.17) is 14.6 Å². The number of Topliss-reactive ketones (excluding diaryl/α,β-unsaturated/α-hetero) is 2. The Balaban J connectivity index is 1.58. The Bertz CT molecular complexity index is 1520. The average Bonchev–Trinajstić information content (AvgIpc) is 3.35. The van der Waals surface area contributed by atoms with Crippen LogP contribution in [0.15, 0.2) is 53.9 Å². The van der Waals surface area contributed by atoms with Crippen LogP contribution in [0.25, 0.3) is 21.3 Å². The fraction of sp³-hybridized carbons (Fsp3) is 0.250. The van der Waals surface area contributed by atoms with Crippen molar-refractivity contribution in [2.24, 2.45) is 0 Å². The molecule has 4 aromatic rings. The van der Waals surface area contributed by atoms with Gasteiger partial charge in [-0.2, -0.15) is 0 Å². The number of rotatable bonds is 11. The molecule has 0 saturated heterocycles. The van der Waals surface area contributed by atoms with Crippen molar-refractivity contribution in [2.75, 3.05) is 20.3 Å². The second kappa shape index (κ2) is 11.8. The molecule has 0 bridgehead atoms. The minimum Gasteiger partial charge on any atom is -0.493 e. The van der Waals surface area contributed by atoms with E-state index in [1.54, 1.807) is 17.5 Å². The van der Waals surface area contributed by atoms with E-state index in [1.807, 2.05) is 13.0 Å². The molecule has 2 aromatic heterocycles. The smallest absolute Gasteiger partial charge is 0.493 e. The van der Waals surface area contributed by atoms with Crippen molar-refractivity contribution in [3.05, 3.63) is 70.7 Å². The van der Waals surface area contributed by atoms with Gasteiger partial charge in [-0.3, -0.25) is 9.59 Å². The Labute approximate surface area is 225 Å². The number of aliphatic hydroxyl groups excluding tert-OH is 1. The van der Waals surface area contributed by atoms with Crippen LogP contribution in [0, 0.1) is 6.92 Å². The summed E-state index contributed by atoms with van der Waals surface area (Å²) in [7, 11) is 1.41. The number of benzene rings is 2. The molecule has 39 heavy (non-hydrogen) atoms. The molecule has 0 atom stereocenters. The molecule has 4 rings (SSSR count). The zero-order chi connectivity index (χ0) is 28.2. The molecule has 2 aromatic carbocycles. The maximum Gasteiger partial charge on any atom is 0.573 e. The first kappa shape index (κ1) is 28.1. The predicted molar refractivity (Wildman–Crippen MR) is 140 cm³/mol. The normalized spacial score (nSPS) is 11.4. The number of ketones is 2. The van der Waals surface area contributed by atoms with Gasteiger partial charge in [0.2, 0.25) is 0 Å². The summed E-state index contributed by atoms with van der Waals surface area (Å²) in [6.07, 6.45) is -5.31. The molecular weight excluding hydrogens is 535 g/mol. The lowest BCUT2D eigenvalue weighted by molar-refractivity contribution is -0.274. The van der Waals surface area contributed by atoms with Crippen molar-refractivity contribution in [2.45, 2.75) is 26.1 Å². The van der Waals surface area contributed by atoms with Crippen LogP contribution < -0.4 is 14.2 Å². The van der Waals surface area contributed by atoms with Crippen LogP contribution in [-0.2, 0) is 0 Å². The van der Waals surface area contributed by atoms with Crippen LogP contribution in [0.5, 0.6) is 17.2 Å². The molecule has 7 nitrogen and oxygen atoms in total. The first-order valence-corrected chi connectivity index (χ1v) is 12.7. The summed E-state index contributed by atoms with van der Waals surface area (Å²) in [4.78, 5) is 30.0. The standard InChI is InChI=1S/C28H24F3NO6S/c1-16-4-3-5-18-19(15-39-27(16)18)26-24(38-28(29,30)31)11-7-20(32-26)22(35)9-8-21(34)17-6-10-23(37-13-12-33)25(14-17)36-2/h3-7,10-11,14-15,33H,8-9,12-13H2,1-2H3. The van der Waals surface area contributed by atoms with Gasteiger partial charge in [-0.25, -0.2) is 4.98 Å². The Morgan fingerprint density at radius 3 is 2.46 bits per heavy atom. The van der Waals surface area contributed by atoms with Crippen LogP contribution in [0.3, 0.4) is 0 Å². The molecule has 0 aliphatic heterocycles. The Hall–Kier alpha value is -3.96. The summed E-state index contributed by atoms with van der Waals surface area (Å²) in [5.41, 5.74) is 1.48. The maximum absolute atomic E-state index is 13.1. The molecule has 0 aliphatic rings. The molecule has 0 fully saturated rings. The molecule has 0 saturated carbocycles. The van der Waals surface area contributed by atoms with Gasteiger partial charge in [0.25, 0.3) is 0 Å². The predicted octanol–water partition coefficient (Wildman–Crippen LogP) is 6.40. The Morgan fingerprint density at radius 1 is 1.00 bits per heavy atom. The molecule has 204 valence electrons. The monoisotopic (exact) mass is 559 g/mol. The van der Waals surface area contributed by atoms with Crippen molar-refractivity contribution in [1.29, 1.82) is 0 Å². The van der Waals surface area contributed by atoms with Crippen LogP contribution in [0.1, 0.15) is 39.3 Å². The van der Waals surface area contributed by atoms with E-state index in [9.17, 15) is 22.8 Å². The number of pyridine rings is 1. The molecule has 0 radical (unpaired) electrons. The molecular formula is C28H24F3NO6S. The minimum atomic E-state index is -4.95. The van der Waals surface area contributed by atoms with E-state index < -0.39 is 17.9 Å². The summed E-state index contributed by atoms with van der Waals surface area (Å²) >= 11 is 1.36. The molecule has 1 N–H and O–H groups in total. The third-order valence-corrected chi connectivity index (χ3v) is 6.97. The number of fused-ring (bicyclic) bond motifs is 1. The van der Waals surface area contributed by atoms with Gasteiger partial charge in [-0.1, -0.05) is 18.2 Å². The minimum absolute atomic E-state index is 0.0563. The molecule has 11 heteroatoms. The van der Waals surface area contributed by atoms with Crippen LogP contribution in [-0.4, -0.2) is 48.3 Å². The zero-order valence-corrected chi connectivity index (χ0v) is 21.8. The first-order valence-electron chi connectivity index (χ1n) is 11.8. The van der Waals surface area contributed by atoms with Gasteiger partial charge in [0.1, 0.15) is 18.0 Å². The lowest BCUT2D eigenvalue weighted by atomic mass is 10.0.